The molecular weight excluding hydrogens is 1510 g/mol. The Morgan fingerprint density at radius 3 is 1.39 bits per heavy atom. The average molecular weight is 1630 g/mol. The molecule has 113 heavy (non-hydrogen) atoms. The minimum atomic E-state index is -4.11. The number of ether oxygens (including phenoxy) is 7. The number of carbonyl (C=O) groups is 11. The molecule has 40 heteroatoms. The summed E-state index contributed by atoms with van der Waals surface area (Å²) in [7, 11) is 2.87. The number of benzene rings is 3. The fourth-order valence-corrected chi connectivity index (χ4v) is 12.3. The number of sulfonamides is 1. The van der Waals surface area contributed by atoms with Crippen LogP contribution in [0.1, 0.15) is 61.6 Å². The molecule has 3 aromatic rings. The number of fused-ring (bicyclic) bond motifs is 1. The van der Waals surface area contributed by atoms with Crippen LogP contribution in [0.3, 0.4) is 0 Å². The number of rotatable bonds is 58. The summed E-state index contributed by atoms with van der Waals surface area (Å²) in [6.07, 6.45) is 3.83. The third-order valence-corrected chi connectivity index (χ3v) is 19.4. The van der Waals surface area contributed by atoms with Gasteiger partial charge in [0.2, 0.25) is 81.8 Å². The highest BCUT2D eigenvalue weighted by atomic mass is 32.2. The quantitative estimate of drug-likeness (QED) is 0.0151. The summed E-state index contributed by atoms with van der Waals surface area (Å²) < 4.78 is 62.1. The average Bonchev–Trinajstić information content (AvgIpc) is 1.84. The SMILES string of the molecule is COCCN(CC(=O)N[C@@H](CCCN=C(N)N)C(=O)N[C@@H](CCSC)C(N)=O)C(=O)CN(CCOC)C(=O)CN(CCOC)C(=O)CN(CCOC)C(=O)CN(CCc1ccc(S(N)(=O)=O)cc1)C(=O)CN(CCCCN)C(=O)CN(CCCCN)C(=O)CN(Cc1ccc(OC)cc1)C(=O)CNCc1ccc2c(c1)OCO2. The van der Waals surface area contributed by atoms with Crippen molar-refractivity contribution in [2.75, 3.05) is 205 Å². The van der Waals surface area contributed by atoms with Crippen molar-refractivity contribution in [1.29, 1.82) is 0 Å². The third-order valence-electron chi connectivity index (χ3n) is 17.8. The van der Waals surface area contributed by atoms with Gasteiger partial charge < -0.3 is 117 Å². The Morgan fingerprint density at radius 2 is 0.947 bits per heavy atom. The third kappa shape index (κ3) is 36.0. The van der Waals surface area contributed by atoms with Crippen molar-refractivity contribution in [3.05, 3.63) is 83.4 Å². The predicted octanol–water partition coefficient (Wildman–Crippen LogP) is -3.44. The van der Waals surface area contributed by atoms with Crippen molar-refractivity contribution in [3.8, 4) is 17.2 Å². The number of primary amides is 1. The zero-order valence-corrected chi connectivity index (χ0v) is 67.4. The lowest BCUT2D eigenvalue weighted by Gasteiger charge is -2.33. The maximum Gasteiger partial charge on any atom is 0.243 e. The van der Waals surface area contributed by atoms with Gasteiger partial charge in [-0.2, -0.15) is 11.8 Å². The number of amides is 11. The van der Waals surface area contributed by atoms with E-state index in [1.807, 2.05) is 12.3 Å². The van der Waals surface area contributed by atoms with Gasteiger partial charge >= 0.3 is 0 Å². The zero-order valence-electron chi connectivity index (χ0n) is 65.7. The molecule has 1 aliphatic rings. The van der Waals surface area contributed by atoms with Gasteiger partial charge in [-0.1, -0.05) is 30.3 Å². The lowest BCUT2D eigenvalue weighted by atomic mass is 10.1. The Kier molecular flexibility index (Phi) is 44.7. The van der Waals surface area contributed by atoms with E-state index in [1.54, 1.807) is 36.4 Å². The van der Waals surface area contributed by atoms with Crippen molar-refractivity contribution in [2.45, 2.75) is 81.4 Å². The van der Waals surface area contributed by atoms with Crippen LogP contribution >= 0.6 is 11.8 Å². The number of nitrogens with zero attached hydrogens (tertiary/aromatic N) is 9. The second kappa shape index (κ2) is 52.7. The number of methoxy groups -OCH3 is 5. The van der Waals surface area contributed by atoms with Gasteiger partial charge in [0.25, 0.3) is 0 Å². The fourth-order valence-electron chi connectivity index (χ4n) is 11.3. The molecular formula is C73H116N18O20S2. The van der Waals surface area contributed by atoms with Crippen molar-refractivity contribution in [3.63, 3.8) is 0 Å². The number of hydrogen-bond donors (Lipinski definition) is 9. The number of guanidine groups is 1. The summed E-state index contributed by atoms with van der Waals surface area (Å²) in [6, 6.07) is 15.6. The monoisotopic (exact) mass is 1630 g/mol. The Morgan fingerprint density at radius 1 is 0.504 bits per heavy atom. The number of aliphatic imine (C=N–C) groups is 1. The van der Waals surface area contributed by atoms with E-state index < -0.39 is 139 Å². The Balaban J connectivity index is 1.64. The van der Waals surface area contributed by atoms with E-state index in [0.717, 1.165) is 25.2 Å². The van der Waals surface area contributed by atoms with E-state index in [2.05, 4.69) is 20.9 Å². The standard InChI is InChI=1S/C73H116N18O20S2/c1-105-35-31-87(44-62(92)82-59(12-11-27-81-73(77)78)72(102)83-58(71(76)101)24-39-112-6)66(96)48-88(32-36-106-2)68(98)50-90(34-38-108-4)69(99)49-89(33-37-107-3)67(97)47-86(30-23-53-15-20-57(21-16-53)113(79,103)104)65(95)46-84(28-9-7-25-74)64(94)45-85(29-10-8-26-75)70(100)51-91(43-54-13-18-56(109-5)19-14-54)63(93)42-80-41-55-17-22-60-61(40-55)111-52-110-60/h13-22,40,58-59,80H,7-12,23-39,41-52,74-75H2,1-6H3,(H2,76,101)(H,82,92)(H,83,102)(H4,77,78,81)(H2,79,103,104)/t58-,59-/m0/s1. The van der Waals surface area contributed by atoms with Crippen LogP contribution in [0.2, 0.25) is 0 Å². The maximum atomic E-state index is 15.1. The van der Waals surface area contributed by atoms with Crippen LogP contribution < -0.4 is 64.0 Å². The summed E-state index contributed by atoms with van der Waals surface area (Å²) in [6.45, 7) is -5.61. The molecule has 11 amide bonds. The van der Waals surface area contributed by atoms with Gasteiger partial charge in [0, 0.05) is 93.9 Å². The molecule has 3 aromatic carbocycles. The summed E-state index contributed by atoms with van der Waals surface area (Å²) >= 11 is 1.43. The highest BCUT2D eigenvalue weighted by molar-refractivity contribution is 7.98. The summed E-state index contributed by atoms with van der Waals surface area (Å²) in [4.78, 5) is 171. The number of unbranched alkanes of at least 4 members (excludes halogenated alkanes) is 2. The molecule has 38 nitrogen and oxygen atoms in total. The van der Waals surface area contributed by atoms with E-state index in [9.17, 15) is 56.4 Å². The highest BCUT2D eigenvalue weighted by Crippen LogP contribution is 2.32. The molecule has 0 radical (unpaired) electrons. The van der Waals surface area contributed by atoms with Crippen molar-refractivity contribution < 1.29 is 94.3 Å². The number of hydrogen-bond acceptors (Lipinski definition) is 25. The van der Waals surface area contributed by atoms with E-state index in [-0.39, 0.29) is 155 Å². The molecule has 0 bridgehead atoms. The summed E-state index contributed by atoms with van der Waals surface area (Å²) in [5, 5.41) is 13.8. The van der Waals surface area contributed by atoms with E-state index in [1.165, 1.54) is 91.2 Å². The smallest absolute Gasteiger partial charge is 0.243 e. The number of nitrogens with one attached hydrogen (secondary N) is 3. The molecule has 630 valence electrons. The van der Waals surface area contributed by atoms with Crippen LogP contribution in [0.15, 0.2) is 76.6 Å². The Bertz CT molecular complexity index is 3660. The molecule has 0 aromatic heterocycles. The van der Waals surface area contributed by atoms with Gasteiger partial charge in [-0.15, -0.1) is 0 Å². The second-order valence-electron chi connectivity index (χ2n) is 26.3. The molecule has 15 N–H and O–H groups in total. The molecule has 1 aliphatic heterocycles. The minimum absolute atomic E-state index is 0.0000884. The lowest BCUT2D eigenvalue weighted by Crippen LogP contribution is -2.55. The van der Waals surface area contributed by atoms with Crippen LogP contribution in [-0.2, 0) is 101 Å². The zero-order chi connectivity index (χ0) is 83.3. The van der Waals surface area contributed by atoms with Crippen molar-refractivity contribution >= 4 is 92.7 Å². The largest absolute Gasteiger partial charge is 0.497 e. The first-order valence-electron chi connectivity index (χ1n) is 37.0. The van der Waals surface area contributed by atoms with Crippen LogP contribution in [0.4, 0.5) is 0 Å². The van der Waals surface area contributed by atoms with Crippen LogP contribution in [0.25, 0.3) is 0 Å². The van der Waals surface area contributed by atoms with Gasteiger partial charge in [-0.05, 0) is 130 Å². The first-order chi connectivity index (χ1) is 54.1. The first kappa shape index (κ1) is 95.9. The van der Waals surface area contributed by atoms with Gasteiger partial charge in [-0.3, -0.25) is 57.7 Å². The van der Waals surface area contributed by atoms with Crippen molar-refractivity contribution in [2.24, 2.45) is 38.8 Å². The van der Waals surface area contributed by atoms with E-state index in [4.69, 9.17) is 67.0 Å². The van der Waals surface area contributed by atoms with Crippen molar-refractivity contribution in [1.82, 2.24) is 55.1 Å². The Labute approximate surface area is 665 Å². The van der Waals surface area contributed by atoms with E-state index in [0.29, 0.717) is 59.8 Å². The fraction of sp³-hybridized carbons (Fsp3) is 0.589. The van der Waals surface area contributed by atoms with E-state index >= 15 is 4.79 Å². The number of thioether (sulfide) groups is 1. The molecule has 0 saturated heterocycles. The molecule has 0 spiro atoms. The number of nitrogens with two attached hydrogens (primary N) is 6. The van der Waals surface area contributed by atoms with Gasteiger partial charge in [0.05, 0.1) is 90.8 Å². The van der Waals surface area contributed by atoms with Gasteiger partial charge in [0.1, 0.15) is 24.4 Å². The topological polar surface area (TPSA) is 517 Å². The van der Waals surface area contributed by atoms with Crippen LogP contribution in [0, 0.1) is 0 Å². The second-order valence-corrected chi connectivity index (χ2v) is 28.9. The normalized spacial score (nSPS) is 12.0. The minimum Gasteiger partial charge on any atom is -0.497 e. The lowest BCUT2D eigenvalue weighted by molar-refractivity contribution is -0.149. The molecule has 2 atom stereocenters. The van der Waals surface area contributed by atoms with Crippen LogP contribution in [-0.4, -0.2) is 336 Å². The maximum absolute atomic E-state index is 15.1. The molecule has 4 rings (SSSR count). The number of carbonyl (C=O) groups excluding carboxylic acids is 11. The number of primary sulfonamides is 1. The first-order valence-corrected chi connectivity index (χ1v) is 39.9. The Hall–Kier alpha value is -9.52. The van der Waals surface area contributed by atoms with Crippen LogP contribution in [0.5, 0.6) is 17.2 Å². The van der Waals surface area contributed by atoms with Gasteiger partial charge in [0.15, 0.2) is 17.5 Å². The summed E-state index contributed by atoms with van der Waals surface area (Å²) in [5.41, 5.74) is 30.5. The molecule has 1 heterocycles. The molecule has 0 unspecified atom stereocenters. The van der Waals surface area contributed by atoms with Gasteiger partial charge in [-0.25, -0.2) is 13.6 Å². The summed E-state index contributed by atoms with van der Waals surface area (Å²) in [5.74, 6) is -5.80. The molecule has 0 saturated carbocycles. The molecule has 0 fully saturated rings. The predicted molar refractivity (Wildman–Crippen MR) is 420 cm³/mol. The molecule has 0 aliphatic carbocycles. The highest BCUT2D eigenvalue weighted by Gasteiger charge is 2.33.